The number of benzene rings is 1. The number of carbonyl (C=O) groups is 1. The lowest BCUT2D eigenvalue weighted by Crippen LogP contribution is -2.53. The maximum Gasteiger partial charge on any atom is 0.146 e. The fourth-order valence-corrected chi connectivity index (χ4v) is 5.54. The van der Waals surface area contributed by atoms with Crippen molar-refractivity contribution in [1.82, 2.24) is 0 Å². The van der Waals surface area contributed by atoms with Gasteiger partial charge in [-0.3, -0.25) is 4.79 Å². The van der Waals surface area contributed by atoms with Gasteiger partial charge in [0, 0.05) is 9.99 Å². The van der Waals surface area contributed by atoms with E-state index < -0.39 is 0 Å². The minimum atomic E-state index is -0.338. The summed E-state index contributed by atoms with van der Waals surface area (Å²) in [6.07, 6.45) is 0.544. The van der Waals surface area contributed by atoms with E-state index in [4.69, 9.17) is 4.74 Å². The van der Waals surface area contributed by atoms with Crippen LogP contribution in [0.4, 0.5) is 0 Å². The molecule has 2 rings (SSSR count). The van der Waals surface area contributed by atoms with Crippen LogP contribution in [0, 0.1) is 16.1 Å². The van der Waals surface area contributed by atoms with Gasteiger partial charge in [-0.25, -0.2) is 0 Å². The largest absolute Gasteiger partial charge is 0.487 e. The smallest absolute Gasteiger partial charge is 0.146 e. The van der Waals surface area contributed by atoms with Crippen molar-refractivity contribution in [2.75, 3.05) is 0 Å². The third kappa shape index (κ3) is 2.75. The topological polar surface area (TPSA) is 26.3 Å². The van der Waals surface area contributed by atoms with E-state index in [1.807, 2.05) is 13.8 Å². The van der Waals surface area contributed by atoms with Crippen molar-refractivity contribution in [3.63, 3.8) is 0 Å². The van der Waals surface area contributed by atoms with E-state index >= 15 is 0 Å². The highest BCUT2D eigenvalue weighted by atomic mass is 127. The number of hydrogen-bond donors (Lipinski definition) is 0. The minimum Gasteiger partial charge on any atom is -0.487 e. The minimum absolute atomic E-state index is 0.0112. The quantitative estimate of drug-likeness (QED) is 0.500. The van der Waals surface area contributed by atoms with E-state index in [1.165, 1.54) is 3.57 Å². The summed E-state index contributed by atoms with van der Waals surface area (Å²) < 4.78 is 9.43. The number of ether oxygens (including phenoxy) is 1. The summed E-state index contributed by atoms with van der Waals surface area (Å²) in [5.41, 5.74) is -0.338. The predicted octanol–water partition coefficient (Wildman–Crippen LogP) is 4.25. The Hall–Kier alpha value is 0.880. The van der Waals surface area contributed by atoms with Crippen LogP contribution in [0.25, 0.3) is 0 Å². The Morgan fingerprint density at radius 2 is 1.76 bits per heavy atom. The van der Waals surface area contributed by atoms with Gasteiger partial charge in [-0.05, 0) is 93.8 Å². The van der Waals surface area contributed by atoms with Gasteiger partial charge in [0.2, 0.25) is 0 Å². The maximum absolute atomic E-state index is 11.5. The summed E-state index contributed by atoms with van der Waals surface area (Å²) in [6.45, 7) is 3.91. The lowest BCUT2D eigenvalue weighted by Gasteiger charge is -2.42. The summed E-state index contributed by atoms with van der Waals surface area (Å²) in [6, 6.07) is 4.18. The molecule has 0 N–H and O–H groups in total. The molecule has 0 heterocycles. The molecule has 0 aromatic heterocycles. The second kappa shape index (κ2) is 5.10. The molecule has 1 atom stereocenters. The van der Waals surface area contributed by atoms with Crippen LogP contribution >= 0.6 is 67.8 Å². The van der Waals surface area contributed by atoms with E-state index in [1.54, 1.807) is 0 Å². The standard InChI is InChI=1S/C12H11I3O2/c1-12(2)9(16)5-10(12)17-11-7(14)3-6(13)4-8(11)15/h3-4,10H,5H2,1-2H3. The van der Waals surface area contributed by atoms with Gasteiger partial charge in [0.15, 0.2) is 0 Å². The summed E-state index contributed by atoms with van der Waals surface area (Å²) in [4.78, 5) is 11.5. The normalized spacial score (nSPS) is 22.2. The molecule has 5 heteroatoms. The van der Waals surface area contributed by atoms with Gasteiger partial charge in [0.25, 0.3) is 0 Å². The number of ketones is 1. The van der Waals surface area contributed by atoms with Crippen molar-refractivity contribution < 1.29 is 9.53 Å². The Labute approximate surface area is 142 Å². The first kappa shape index (κ1) is 14.3. The van der Waals surface area contributed by atoms with Crippen molar-refractivity contribution in [3.8, 4) is 5.75 Å². The van der Waals surface area contributed by atoms with Gasteiger partial charge in [-0.2, -0.15) is 0 Å². The highest BCUT2D eigenvalue weighted by Gasteiger charge is 2.49. The van der Waals surface area contributed by atoms with E-state index in [2.05, 4.69) is 79.9 Å². The van der Waals surface area contributed by atoms with Crippen molar-refractivity contribution >= 4 is 73.6 Å². The van der Waals surface area contributed by atoms with Crippen molar-refractivity contribution in [2.24, 2.45) is 5.41 Å². The lowest BCUT2D eigenvalue weighted by molar-refractivity contribution is -0.148. The number of Topliss-reactive ketones (excluding diaryl/α,β-unsaturated/α-hetero) is 1. The molecule has 1 unspecified atom stereocenters. The number of hydrogen-bond acceptors (Lipinski definition) is 2. The molecule has 0 saturated heterocycles. The van der Waals surface area contributed by atoms with Crippen LogP contribution in [0.5, 0.6) is 5.75 Å². The van der Waals surface area contributed by atoms with Crippen molar-refractivity contribution in [3.05, 3.63) is 22.8 Å². The molecule has 17 heavy (non-hydrogen) atoms. The Balaban J connectivity index is 2.24. The molecular weight excluding hydrogens is 557 g/mol. The first-order chi connectivity index (χ1) is 7.82. The molecule has 0 aliphatic heterocycles. The fourth-order valence-electron chi connectivity index (χ4n) is 1.71. The van der Waals surface area contributed by atoms with Crippen LogP contribution in [0.1, 0.15) is 20.3 Å². The van der Waals surface area contributed by atoms with Crippen LogP contribution in [0.15, 0.2) is 12.1 Å². The first-order valence-corrected chi connectivity index (χ1v) is 8.40. The molecule has 0 amide bonds. The van der Waals surface area contributed by atoms with E-state index in [-0.39, 0.29) is 17.3 Å². The lowest BCUT2D eigenvalue weighted by atomic mass is 9.68. The number of rotatable bonds is 2. The Morgan fingerprint density at radius 3 is 2.18 bits per heavy atom. The molecule has 1 aromatic rings. The zero-order chi connectivity index (χ0) is 12.8. The zero-order valence-corrected chi connectivity index (χ0v) is 15.9. The number of carbonyl (C=O) groups excluding carboxylic acids is 1. The van der Waals surface area contributed by atoms with Gasteiger partial charge in [-0.1, -0.05) is 0 Å². The second-order valence-corrected chi connectivity index (χ2v) is 8.22. The van der Waals surface area contributed by atoms with E-state index in [9.17, 15) is 4.79 Å². The summed E-state index contributed by atoms with van der Waals surface area (Å²) in [5.74, 6) is 1.20. The third-order valence-corrected chi connectivity index (χ3v) is 5.34. The molecule has 1 aromatic carbocycles. The third-order valence-electron chi connectivity index (χ3n) is 3.12. The molecule has 2 nitrogen and oxygen atoms in total. The average molecular weight is 568 g/mol. The van der Waals surface area contributed by atoms with Crippen LogP contribution in [-0.4, -0.2) is 11.9 Å². The zero-order valence-electron chi connectivity index (χ0n) is 9.39. The van der Waals surface area contributed by atoms with Crippen LogP contribution in [0.2, 0.25) is 0 Å². The Morgan fingerprint density at radius 1 is 1.24 bits per heavy atom. The average Bonchev–Trinajstić information content (AvgIpc) is 2.21. The summed E-state index contributed by atoms with van der Waals surface area (Å²) in [5, 5.41) is 0. The Kier molecular flexibility index (Phi) is 4.29. The molecule has 0 spiro atoms. The van der Waals surface area contributed by atoms with Gasteiger partial charge in [-0.15, -0.1) is 0 Å². The second-order valence-electron chi connectivity index (χ2n) is 4.65. The molecule has 92 valence electrons. The predicted molar refractivity (Wildman–Crippen MR) is 92.4 cm³/mol. The van der Waals surface area contributed by atoms with Crippen LogP contribution in [0.3, 0.4) is 0 Å². The summed E-state index contributed by atoms with van der Waals surface area (Å²) >= 11 is 6.86. The highest BCUT2D eigenvalue weighted by molar-refractivity contribution is 14.1. The maximum atomic E-state index is 11.5. The first-order valence-electron chi connectivity index (χ1n) is 5.17. The molecular formula is C12H11I3O2. The van der Waals surface area contributed by atoms with Gasteiger partial charge in [0.05, 0.1) is 12.6 Å². The van der Waals surface area contributed by atoms with Crippen LogP contribution < -0.4 is 4.74 Å². The van der Waals surface area contributed by atoms with Gasteiger partial charge in [0.1, 0.15) is 17.6 Å². The monoisotopic (exact) mass is 568 g/mol. The molecule has 0 bridgehead atoms. The van der Waals surface area contributed by atoms with Crippen molar-refractivity contribution in [2.45, 2.75) is 26.4 Å². The molecule has 1 aliphatic carbocycles. The van der Waals surface area contributed by atoms with Gasteiger partial charge < -0.3 is 4.74 Å². The van der Waals surface area contributed by atoms with Crippen LogP contribution in [-0.2, 0) is 4.79 Å². The van der Waals surface area contributed by atoms with Crippen molar-refractivity contribution in [1.29, 1.82) is 0 Å². The van der Waals surface area contributed by atoms with E-state index in [0.717, 1.165) is 12.9 Å². The summed E-state index contributed by atoms with van der Waals surface area (Å²) in [7, 11) is 0. The molecule has 1 fully saturated rings. The Bertz CT molecular complexity index is 460. The molecule has 1 aliphatic rings. The molecule has 0 radical (unpaired) electrons. The highest BCUT2D eigenvalue weighted by Crippen LogP contribution is 2.41. The SMILES string of the molecule is CC1(C)C(=O)CC1Oc1c(I)cc(I)cc1I. The van der Waals surface area contributed by atoms with E-state index in [0.29, 0.717) is 6.42 Å². The number of halogens is 3. The van der Waals surface area contributed by atoms with Gasteiger partial charge >= 0.3 is 0 Å². The fraction of sp³-hybridized carbons (Fsp3) is 0.417. The molecule has 1 saturated carbocycles.